The average molecular weight is 263 g/mol. The number of hydrogen-bond donors (Lipinski definition) is 1. The molecule has 0 spiro atoms. The summed E-state index contributed by atoms with van der Waals surface area (Å²) in [6, 6.07) is 9.49. The van der Waals surface area contributed by atoms with Gasteiger partial charge in [0.25, 0.3) is 0 Å². The SMILES string of the molecule is O=C(O)CCC1CCN1C(=O)OCc1ccccc1. The molecule has 5 nitrogen and oxygen atoms in total. The van der Waals surface area contributed by atoms with E-state index in [1.165, 1.54) is 0 Å². The highest BCUT2D eigenvalue weighted by Gasteiger charge is 2.33. The molecule has 1 amide bonds. The summed E-state index contributed by atoms with van der Waals surface area (Å²) in [5.74, 6) is -0.829. The van der Waals surface area contributed by atoms with Crippen molar-refractivity contribution in [2.24, 2.45) is 0 Å². The average Bonchev–Trinajstić information content (AvgIpc) is 2.36. The first-order valence-electron chi connectivity index (χ1n) is 6.36. The van der Waals surface area contributed by atoms with Gasteiger partial charge in [0.1, 0.15) is 6.61 Å². The van der Waals surface area contributed by atoms with Gasteiger partial charge in [-0.1, -0.05) is 30.3 Å². The van der Waals surface area contributed by atoms with Crippen molar-refractivity contribution in [1.29, 1.82) is 0 Å². The lowest BCUT2D eigenvalue weighted by atomic mass is 9.99. The fourth-order valence-electron chi connectivity index (χ4n) is 2.07. The molecule has 1 N–H and O–H groups in total. The minimum atomic E-state index is -0.829. The quantitative estimate of drug-likeness (QED) is 0.884. The van der Waals surface area contributed by atoms with E-state index in [-0.39, 0.29) is 25.2 Å². The maximum absolute atomic E-state index is 11.8. The summed E-state index contributed by atoms with van der Waals surface area (Å²) in [5, 5.41) is 8.62. The number of benzene rings is 1. The Balaban J connectivity index is 1.76. The zero-order valence-corrected chi connectivity index (χ0v) is 10.6. The number of ether oxygens (including phenoxy) is 1. The highest BCUT2D eigenvalue weighted by atomic mass is 16.6. The van der Waals surface area contributed by atoms with Crippen LogP contribution in [-0.2, 0) is 16.1 Å². The van der Waals surface area contributed by atoms with Gasteiger partial charge in [0.15, 0.2) is 0 Å². The van der Waals surface area contributed by atoms with Gasteiger partial charge in [-0.2, -0.15) is 0 Å². The topological polar surface area (TPSA) is 66.8 Å². The molecular formula is C14H17NO4. The van der Waals surface area contributed by atoms with E-state index < -0.39 is 5.97 Å². The number of carbonyl (C=O) groups is 2. The Kier molecular flexibility index (Phi) is 4.39. The second kappa shape index (κ2) is 6.22. The van der Waals surface area contributed by atoms with E-state index in [0.717, 1.165) is 12.0 Å². The lowest BCUT2D eigenvalue weighted by molar-refractivity contribution is -0.137. The standard InChI is InChI=1S/C14H17NO4/c16-13(17)7-6-12-8-9-15(12)14(18)19-10-11-4-2-1-3-5-11/h1-5,12H,6-10H2,(H,16,17). The molecule has 0 aromatic heterocycles. The fraction of sp³-hybridized carbons (Fsp3) is 0.429. The van der Waals surface area contributed by atoms with Gasteiger partial charge in [0.2, 0.25) is 0 Å². The molecule has 0 bridgehead atoms. The summed E-state index contributed by atoms with van der Waals surface area (Å²) in [6.45, 7) is 0.903. The molecule has 5 heteroatoms. The molecular weight excluding hydrogens is 246 g/mol. The van der Waals surface area contributed by atoms with Crippen LogP contribution in [0.3, 0.4) is 0 Å². The summed E-state index contributed by atoms with van der Waals surface area (Å²) in [5.41, 5.74) is 0.943. The van der Waals surface area contributed by atoms with E-state index in [0.29, 0.717) is 13.0 Å². The summed E-state index contributed by atoms with van der Waals surface area (Å²) in [7, 11) is 0. The van der Waals surface area contributed by atoms with Crippen LogP contribution < -0.4 is 0 Å². The first-order chi connectivity index (χ1) is 9.16. The molecule has 19 heavy (non-hydrogen) atoms. The van der Waals surface area contributed by atoms with Crippen LogP contribution in [0.15, 0.2) is 30.3 Å². The van der Waals surface area contributed by atoms with Crippen molar-refractivity contribution in [3.8, 4) is 0 Å². The minimum absolute atomic E-state index is 0.0133. The molecule has 1 aromatic rings. The molecule has 0 aliphatic carbocycles. The predicted molar refractivity (Wildman–Crippen MR) is 68.6 cm³/mol. The maximum atomic E-state index is 11.8. The molecule has 2 rings (SSSR count). The van der Waals surface area contributed by atoms with Gasteiger partial charge in [-0.05, 0) is 18.4 Å². The van der Waals surface area contributed by atoms with Crippen LogP contribution in [0.1, 0.15) is 24.8 Å². The number of carboxylic acid groups (broad SMARTS) is 1. The molecule has 1 saturated heterocycles. The first-order valence-corrected chi connectivity index (χ1v) is 6.36. The Labute approximate surface area is 111 Å². The van der Waals surface area contributed by atoms with Gasteiger partial charge in [-0.15, -0.1) is 0 Å². The monoisotopic (exact) mass is 263 g/mol. The van der Waals surface area contributed by atoms with Crippen molar-refractivity contribution in [1.82, 2.24) is 4.90 Å². The summed E-state index contributed by atoms with van der Waals surface area (Å²) in [4.78, 5) is 23.9. The number of aliphatic carboxylic acids is 1. The van der Waals surface area contributed by atoms with Gasteiger partial charge < -0.3 is 14.7 Å². The van der Waals surface area contributed by atoms with Crippen molar-refractivity contribution < 1.29 is 19.4 Å². The Morgan fingerprint density at radius 2 is 2.05 bits per heavy atom. The van der Waals surface area contributed by atoms with E-state index in [4.69, 9.17) is 9.84 Å². The summed E-state index contributed by atoms with van der Waals surface area (Å²) < 4.78 is 5.21. The van der Waals surface area contributed by atoms with Gasteiger partial charge in [0.05, 0.1) is 0 Å². The molecule has 1 heterocycles. The van der Waals surface area contributed by atoms with Gasteiger partial charge in [-0.25, -0.2) is 4.79 Å². The third-order valence-corrected chi connectivity index (χ3v) is 3.28. The predicted octanol–water partition coefficient (Wildman–Crippen LogP) is 2.26. The maximum Gasteiger partial charge on any atom is 0.410 e. The third kappa shape index (κ3) is 3.71. The van der Waals surface area contributed by atoms with Crippen LogP contribution in [0.4, 0.5) is 4.79 Å². The molecule has 0 radical (unpaired) electrons. The minimum Gasteiger partial charge on any atom is -0.481 e. The Hall–Kier alpha value is -2.04. The molecule has 1 aromatic carbocycles. The zero-order valence-electron chi connectivity index (χ0n) is 10.6. The largest absolute Gasteiger partial charge is 0.481 e. The van der Waals surface area contributed by atoms with Crippen LogP contribution in [0, 0.1) is 0 Å². The first kappa shape index (κ1) is 13.4. The Morgan fingerprint density at radius 1 is 1.32 bits per heavy atom. The molecule has 1 fully saturated rings. The number of rotatable bonds is 5. The van der Waals surface area contributed by atoms with E-state index in [1.807, 2.05) is 30.3 Å². The van der Waals surface area contributed by atoms with Crippen LogP contribution in [0.2, 0.25) is 0 Å². The highest BCUT2D eigenvalue weighted by Crippen LogP contribution is 2.23. The third-order valence-electron chi connectivity index (χ3n) is 3.28. The van der Waals surface area contributed by atoms with E-state index in [2.05, 4.69) is 0 Å². The van der Waals surface area contributed by atoms with Crippen molar-refractivity contribution in [2.75, 3.05) is 6.54 Å². The van der Waals surface area contributed by atoms with Crippen LogP contribution in [-0.4, -0.2) is 34.7 Å². The number of carbonyl (C=O) groups excluding carboxylic acids is 1. The number of carboxylic acids is 1. The normalized spacial score (nSPS) is 17.7. The number of nitrogens with zero attached hydrogens (tertiary/aromatic N) is 1. The van der Waals surface area contributed by atoms with Crippen molar-refractivity contribution >= 4 is 12.1 Å². The molecule has 102 valence electrons. The Morgan fingerprint density at radius 3 is 2.63 bits per heavy atom. The molecule has 1 atom stereocenters. The zero-order chi connectivity index (χ0) is 13.7. The van der Waals surface area contributed by atoms with Crippen molar-refractivity contribution in [3.63, 3.8) is 0 Å². The van der Waals surface area contributed by atoms with Crippen molar-refractivity contribution in [2.45, 2.75) is 31.9 Å². The second-order valence-corrected chi connectivity index (χ2v) is 4.61. The van der Waals surface area contributed by atoms with Gasteiger partial charge >= 0.3 is 12.1 Å². The summed E-state index contributed by atoms with van der Waals surface area (Å²) >= 11 is 0. The second-order valence-electron chi connectivity index (χ2n) is 4.61. The smallest absolute Gasteiger partial charge is 0.410 e. The lowest BCUT2D eigenvalue weighted by Gasteiger charge is -2.39. The van der Waals surface area contributed by atoms with E-state index in [9.17, 15) is 9.59 Å². The van der Waals surface area contributed by atoms with E-state index in [1.54, 1.807) is 4.90 Å². The van der Waals surface area contributed by atoms with Gasteiger partial charge in [0, 0.05) is 19.0 Å². The molecule has 1 aliphatic heterocycles. The van der Waals surface area contributed by atoms with Crippen molar-refractivity contribution in [3.05, 3.63) is 35.9 Å². The van der Waals surface area contributed by atoms with Crippen LogP contribution in [0.5, 0.6) is 0 Å². The Bertz CT molecular complexity index is 446. The molecule has 0 saturated carbocycles. The summed E-state index contributed by atoms with van der Waals surface area (Å²) in [6.07, 6.45) is 1.09. The number of hydrogen-bond acceptors (Lipinski definition) is 3. The fourth-order valence-corrected chi connectivity index (χ4v) is 2.07. The highest BCUT2D eigenvalue weighted by molar-refractivity contribution is 5.70. The molecule has 1 aliphatic rings. The van der Waals surface area contributed by atoms with Gasteiger partial charge in [-0.3, -0.25) is 4.79 Å². The number of amides is 1. The number of likely N-dealkylation sites (tertiary alicyclic amines) is 1. The van der Waals surface area contributed by atoms with Crippen LogP contribution >= 0.6 is 0 Å². The lowest BCUT2D eigenvalue weighted by Crippen LogP contribution is -2.51. The molecule has 1 unspecified atom stereocenters. The van der Waals surface area contributed by atoms with E-state index >= 15 is 0 Å². The van der Waals surface area contributed by atoms with Crippen LogP contribution in [0.25, 0.3) is 0 Å².